The zero-order valence-electron chi connectivity index (χ0n) is 12.6. The molecule has 10 heteroatoms. The minimum atomic E-state index is -0.844. The molecular weight excluding hydrogens is 338 g/mol. The van der Waals surface area contributed by atoms with E-state index in [1.807, 2.05) is 0 Å². The molecule has 4 amide bonds. The highest BCUT2D eigenvalue weighted by atomic mass is 32.2. The van der Waals surface area contributed by atoms with Gasteiger partial charge in [-0.15, -0.1) is 10.2 Å². The summed E-state index contributed by atoms with van der Waals surface area (Å²) >= 11 is 2.54. The van der Waals surface area contributed by atoms with Gasteiger partial charge in [0, 0.05) is 0 Å². The van der Waals surface area contributed by atoms with Gasteiger partial charge in [0.15, 0.2) is 4.34 Å². The summed E-state index contributed by atoms with van der Waals surface area (Å²) in [5.41, 5.74) is 3.12. The van der Waals surface area contributed by atoms with Crippen molar-refractivity contribution in [3.63, 3.8) is 0 Å². The molecular formula is C13H17N5O3S2. The van der Waals surface area contributed by atoms with Crippen molar-refractivity contribution in [2.75, 3.05) is 5.75 Å². The van der Waals surface area contributed by atoms with E-state index >= 15 is 0 Å². The monoisotopic (exact) mass is 355 g/mol. The second-order valence-corrected chi connectivity index (χ2v) is 7.92. The Hall–Kier alpha value is -1.68. The number of urea groups is 1. The van der Waals surface area contributed by atoms with Crippen LogP contribution in [0.3, 0.4) is 0 Å². The maximum absolute atomic E-state index is 12.6. The molecule has 1 aromatic heterocycles. The van der Waals surface area contributed by atoms with Gasteiger partial charge in [-0.3, -0.25) is 15.0 Å². The van der Waals surface area contributed by atoms with Crippen LogP contribution in [-0.2, 0) is 9.59 Å². The van der Waals surface area contributed by atoms with Crippen LogP contribution in [0.25, 0.3) is 0 Å². The number of hydrogen-bond acceptors (Lipinski definition) is 7. The van der Waals surface area contributed by atoms with Crippen molar-refractivity contribution >= 4 is 40.9 Å². The first kappa shape index (κ1) is 16.2. The van der Waals surface area contributed by atoms with Crippen LogP contribution in [0.2, 0.25) is 0 Å². The summed E-state index contributed by atoms with van der Waals surface area (Å²) in [6.45, 7) is 2.14. The van der Waals surface area contributed by atoms with Gasteiger partial charge in [0.2, 0.25) is 5.91 Å². The summed E-state index contributed by atoms with van der Waals surface area (Å²) in [4.78, 5) is 36.6. The maximum atomic E-state index is 12.6. The molecule has 2 aliphatic rings. The van der Waals surface area contributed by atoms with Gasteiger partial charge in [0.1, 0.15) is 11.0 Å². The average Bonchev–Trinajstić information content (AvgIpc) is 3.12. The van der Waals surface area contributed by atoms with Crippen LogP contribution in [-0.4, -0.2) is 44.3 Å². The molecule has 2 N–H and O–H groups in total. The van der Waals surface area contributed by atoms with E-state index in [1.54, 1.807) is 5.51 Å². The van der Waals surface area contributed by atoms with Gasteiger partial charge in [-0.25, -0.2) is 4.79 Å². The van der Waals surface area contributed by atoms with Gasteiger partial charge >= 0.3 is 6.03 Å². The highest BCUT2D eigenvalue weighted by Crippen LogP contribution is 2.35. The van der Waals surface area contributed by atoms with Crippen LogP contribution in [0.15, 0.2) is 9.85 Å². The fraction of sp³-hybridized carbons (Fsp3) is 0.615. The van der Waals surface area contributed by atoms with Crippen LogP contribution in [0.5, 0.6) is 0 Å². The molecule has 8 nitrogen and oxygen atoms in total. The number of hydrazine groups is 1. The lowest BCUT2D eigenvalue weighted by Crippen LogP contribution is -2.51. The second kappa shape index (κ2) is 6.44. The Balaban J connectivity index is 1.58. The second-order valence-electron chi connectivity index (χ2n) is 5.86. The Labute approximate surface area is 141 Å². The summed E-state index contributed by atoms with van der Waals surface area (Å²) in [7, 11) is 0. The normalized spacial score (nSPS) is 27.3. The largest absolute Gasteiger partial charge is 0.344 e. The Bertz CT molecular complexity index is 613. The van der Waals surface area contributed by atoms with E-state index in [0.29, 0.717) is 23.1 Å². The van der Waals surface area contributed by atoms with Gasteiger partial charge < -0.3 is 5.32 Å². The Kier molecular flexibility index (Phi) is 4.53. The first-order chi connectivity index (χ1) is 11.0. The Morgan fingerprint density at radius 3 is 2.91 bits per heavy atom. The zero-order valence-corrected chi connectivity index (χ0v) is 14.2. The minimum absolute atomic E-state index is 0.0658. The lowest BCUT2D eigenvalue weighted by atomic mass is 9.77. The third-order valence-corrected chi connectivity index (χ3v) is 6.05. The minimum Gasteiger partial charge on any atom is -0.322 e. The molecule has 1 spiro atoms. The Morgan fingerprint density at radius 2 is 2.26 bits per heavy atom. The highest BCUT2D eigenvalue weighted by molar-refractivity contribution is 8.01. The smallest absolute Gasteiger partial charge is 0.322 e. The topological polar surface area (TPSA) is 104 Å². The number of carbonyl (C=O) groups excluding carboxylic acids is 3. The lowest BCUT2D eigenvalue weighted by Gasteiger charge is -2.33. The van der Waals surface area contributed by atoms with Crippen molar-refractivity contribution in [3.05, 3.63) is 5.51 Å². The van der Waals surface area contributed by atoms with Gasteiger partial charge in [-0.05, 0) is 31.6 Å². The summed E-state index contributed by atoms with van der Waals surface area (Å²) in [5, 5.41) is 11.1. The van der Waals surface area contributed by atoms with Crippen LogP contribution >= 0.6 is 23.1 Å². The molecule has 0 unspecified atom stereocenters. The van der Waals surface area contributed by atoms with Crippen molar-refractivity contribution in [1.29, 1.82) is 0 Å². The van der Waals surface area contributed by atoms with Crippen LogP contribution in [0, 0.1) is 5.92 Å². The van der Waals surface area contributed by atoms with Gasteiger partial charge in [0.25, 0.3) is 5.91 Å². The van der Waals surface area contributed by atoms with Crippen molar-refractivity contribution < 1.29 is 14.4 Å². The van der Waals surface area contributed by atoms with Crippen LogP contribution in [0.4, 0.5) is 4.79 Å². The first-order valence-corrected chi connectivity index (χ1v) is 9.22. The molecule has 1 aliphatic carbocycles. The fourth-order valence-corrected chi connectivity index (χ4v) is 4.11. The van der Waals surface area contributed by atoms with Gasteiger partial charge in [-0.1, -0.05) is 30.0 Å². The van der Waals surface area contributed by atoms with Crippen molar-refractivity contribution in [2.24, 2.45) is 5.92 Å². The molecule has 0 radical (unpaired) electrons. The molecule has 3 rings (SSSR count). The molecule has 0 aromatic carbocycles. The number of aromatic nitrogens is 2. The lowest BCUT2D eigenvalue weighted by molar-refractivity contribution is -0.139. The SMILES string of the molecule is CC1CCC2(CC1)NC(=O)N(NC(=O)CSc1nncs1)C2=O. The van der Waals surface area contributed by atoms with Crippen molar-refractivity contribution in [2.45, 2.75) is 42.5 Å². The van der Waals surface area contributed by atoms with E-state index in [-0.39, 0.29) is 11.7 Å². The van der Waals surface area contributed by atoms with E-state index in [9.17, 15) is 14.4 Å². The predicted octanol–water partition coefficient (Wildman–Crippen LogP) is 1.16. The van der Waals surface area contributed by atoms with Gasteiger partial charge in [0.05, 0.1) is 5.75 Å². The fourth-order valence-electron chi connectivity index (χ4n) is 2.83. The number of nitrogens with zero attached hydrogens (tertiary/aromatic N) is 3. The molecule has 1 saturated carbocycles. The van der Waals surface area contributed by atoms with E-state index in [2.05, 4.69) is 27.9 Å². The molecule has 0 bridgehead atoms. The van der Waals surface area contributed by atoms with E-state index in [4.69, 9.17) is 0 Å². The molecule has 124 valence electrons. The number of carbonyl (C=O) groups is 3. The molecule has 1 saturated heterocycles. The first-order valence-electron chi connectivity index (χ1n) is 7.35. The van der Waals surface area contributed by atoms with E-state index in [0.717, 1.165) is 17.9 Å². The molecule has 0 atom stereocenters. The summed E-state index contributed by atoms with van der Waals surface area (Å²) in [5.74, 6) is -0.160. The summed E-state index contributed by atoms with van der Waals surface area (Å²) in [6.07, 6.45) is 3.01. The summed E-state index contributed by atoms with van der Waals surface area (Å²) in [6, 6.07) is -0.557. The van der Waals surface area contributed by atoms with Gasteiger partial charge in [-0.2, -0.15) is 5.01 Å². The number of hydrogen-bond donors (Lipinski definition) is 2. The molecule has 23 heavy (non-hydrogen) atoms. The molecule has 2 heterocycles. The molecule has 1 aromatic rings. The van der Waals surface area contributed by atoms with Crippen molar-refractivity contribution in [3.8, 4) is 0 Å². The van der Waals surface area contributed by atoms with Crippen molar-refractivity contribution in [1.82, 2.24) is 25.9 Å². The summed E-state index contributed by atoms with van der Waals surface area (Å²) < 4.78 is 0.662. The number of rotatable bonds is 4. The zero-order chi connectivity index (χ0) is 16.4. The van der Waals surface area contributed by atoms with E-state index in [1.165, 1.54) is 23.1 Å². The third-order valence-electron chi connectivity index (χ3n) is 4.19. The Morgan fingerprint density at radius 1 is 1.52 bits per heavy atom. The highest BCUT2D eigenvalue weighted by Gasteiger charge is 2.52. The maximum Gasteiger partial charge on any atom is 0.344 e. The quantitative estimate of drug-likeness (QED) is 0.620. The van der Waals surface area contributed by atoms with E-state index < -0.39 is 17.5 Å². The predicted molar refractivity (Wildman–Crippen MR) is 84.5 cm³/mol. The molecule has 2 fully saturated rings. The molecule has 1 aliphatic heterocycles. The number of amides is 4. The standard InChI is InChI=1S/C13H17N5O3S2/c1-8-2-4-13(5-3-8)10(20)18(11(21)15-13)17-9(19)6-22-12-16-14-7-23-12/h7-8H,2-6H2,1H3,(H,15,21)(H,17,19). The van der Waals surface area contributed by atoms with Crippen LogP contribution in [0.1, 0.15) is 32.6 Å². The third kappa shape index (κ3) is 3.32. The number of thioether (sulfide) groups is 1. The average molecular weight is 355 g/mol. The number of nitrogens with one attached hydrogen (secondary N) is 2. The van der Waals surface area contributed by atoms with Crippen LogP contribution < -0.4 is 10.7 Å². The number of imide groups is 1.